The molecule has 16 heavy (non-hydrogen) atoms. The molecular formula is C12H24N2O2. The van der Waals surface area contributed by atoms with Crippen molar-refractivity contribution in [3.8, 4) is 0 Å². The van der Waals surface area contributed by atoms with Crippen LogP contribution in [0.15, 0.2) is 0 Å². The summed E-state index contributed by atoms with van der Waals surface area (Å²) >= 11 is 0. The zero-order valence-electron chi connectivity index (χ0n) is 10.6. The Balaban J connectivity index is 2.33. The second-order valence-corrected chi connectivity index (χ2v) is 5.11. The number of nitrogens with one attached hydrogen (secondary N) is 1. The van der Waals surface area contributed by atoms with E-state index < -0.39 is 0 Å². The van der Waals surface area contributed by atoms with E-state index in [0.29, 0.717) is 18.9 Å². The number of carbonyl (C=O) groups excluding carboxylic acids is 1. The van der Waals surface area contributed by atoms with Gasteiger partial charge in [0.25, 0.3) is 0 Å². The van der Waals surface area contributed by atoms with Gasteiger partial charge in [-0.15, -0.1) is 0 Å². The lowest BCUT2D eigenvalue weighted by atomic mass is 9.94. The van der Waals surface area contributed by atoms with Gasteiger partial charge in [0.05, 0.1) is 11.6 Å². The zero-order valence-corrected chi connectivity index (χ0v) is 10.6. The molecule has 0 aliphatic carbocycles. The summed E-state index contributed by atoms with van der Waals surface area (Å²) in [7, 11) is 0. The van der Waals surface area contributed by atoms with Crippen molar-refractivity contribution in [3.63, 3.8) is 0 Å². The molecule has 1 aliphatic heterocycles. The monoisotopic (exact) mass is 228 g/mol. The Labute approximate surface area is 97.9 Å². The largest absolute Gasteiger partial charge is 0.376 e. The Morgan fingerprint density at radius 2 is 2.38 bits per heavy atom. The number of nitrogens with two attached hydrogens (primary N) is 1. The predicted molar refractivity (Wildman–Crippen MR) is 64.0 cm³/mol. The van der Waals surface area contributed by atoms with Crippen molar-refractivity contribution in [2.45, 2.75) is 51.7 Å². The summed E-state index contributed by atoms with van der Waals surface area (Å²) in [6, 6.07) is 0. The summed E-state index contributed by atoms with van der Waals surface area (Å²) in [5, 5.41) is 3.08. The minimum Gasteiger partial charge on any atom is -0.376 e. The molecule has 1 amide bonds. The van der Waals surface area contributed by atoms with Crippen LogP contribution in [0.3, 0.4) is 0 Å². The van der Waals surface area contributed by atoms with Crippen LogP contribution in [-0.2, 0) is 9.53 Å². The second-order valence-electron chi connectivity index (χ2n) is 5.11. The van der Waals surface area contributed by atoms with E-state index in [1.54, 1.807) is 0 Å². The molecule has 1 aliphatic rings. The number of carbonyl (C=O) groups is 1. The van der Waals surface area contributed by atoms with Crippen LogP contribution in [0, 0.1) is 5.92 Å². The summed E-state index contributed by atoms with van der Waals surface area (Å²) in [6.07, 6.45) is 2.41. The predicted octanol–water partition coefficient (Wildman–Crippen LogP) is 1.05. The molecule has 0 aromatic rings. The summed E-state index contributed by atoms with van der Waals surface area (Å²) < 4.78 is 5.48. The van der Waals surface area contributed by atoms with E-state index in [4.69, 9.17) is 10.5 Å². The molecule has 0 bridgehead atoms. The maximum absolute atomic E-state index is 11.8. The Bertz CT molecular complexity index is 245. The fourth-order valence-corrected chi connectivity index (χ4v) is 1.88. The van der Waals surface area contributed by atoms with Crippen LogP contribution in [0.4, 0.5) is 0 Å². The fraction of sp³-hybridized carbons (Fsp3) is 0.917. The highest BCUT2D eigenvalue weighted by Crippen LogP contribution is 2.25. The molecule has 3 unspecified atom stereocenters. The Morgan fingerprint density at radius 3 is 2.88 bits per heavy atom. The van der Waals surface area contributed by atoms with Gasteiger partial charge in [0.1, 0.15) is 0 Å². The summed E-state index contributed by atoms with van der Waals surface area (Å²) in [5.74, 6) is 0.524. The first kappa shape index (κ1) is 13.5. The van der Waals surface area contributed by atoms with Crippen LogP contribution in [0.2, 0.25) is 0 Å². The molecule has 0 spiro atoms. The molecular weight excluding hydrogens is 204 g/mol. The van der Waals surface area contributed by atoms with Crippen molar-refractivity contribution in [1.29, 1.82) is 0 Å². The van der Waals surface area contributed by atoms with Gasteiger partial charge in [-0.3, -0.25) is 4.79 Å². The average Bonchev–Trinajstić information content (AvgIpc) is 2.55. The minimum atomic E-state index is -0.191. The first-order valence-electron chi connectivity index (χ1n) is 6.10. The lowest BCUT2D eigenvalue weighted by Gasteiger charge is -2.29. The minimum absolute atomic E-state index is 0.100. The molecule has 4 heteroatoms. The maximum Gasteiger partial charge on any atom is 0.220 e. The molecule has 3 N–H and O–H groups in total. The van der Waals surface area contributed by atoms with Crippen LogP contribution in [-0.4, -0.2) is 30.7 Å². The van der Waals surface area contributed by atoms with Crippen molar-refractivity contribution in [3.05, 3.63) is 0 Å². The van der Waals surface area contributed by atoms with E-state index in [1.807, 2.05) is 6.92 Å². The molecule has 1 heterocycles. The molecule has 0 aromatic carbocycles. The third kappa shape index (κ3) is 3.46. The summed E-state index contributed by atoms with van der Waals surface area (Å²) in [6.45, 7) is 7.50. The highest BCUT2D eigenvalue weighted by molar-refractivity contribution is 5.76. The molecule has 0 radical (unpaired) electrons. The van der Waals surface area contributed by atoms with Crippen LogP contribution >= 0.6 is 0 Å². The molecule has 3 atom stereocenters. The van der Waals surface area contributed by atoms with Crippen LogP contribution in [0.1, 0.15) is 40.0 Å². The van der Waals surface area contributed by atoms with Crippen LogP contribution in [0.25, 0.3) is 0 Å². The van der Waals surface area contributed by atoms with Crippen LogP contribution in [0.5, 0.6) is 0 Å². The number of hydrogen-bond donors (Lipinski definition) is 2. The van der Waals surface area contributed by atoms with Gasteiger partial charge in [0, 0.05) is 13.0 Å². The molecule has 1 saturated heterocycles. The van der Waals surface area contributed by atoms with Crippen molar-refractivity contribution in [1.82, 2.24) is 5.32 Å². The number of ether oxygens (including phenoxy) is 1. The molecule has 4 nitrogen and oxygen atoms in total. The lowest BCUT2D eigenvalue weighted by molar-refractivity contribution is -0.123. The molecule has 94 valence electrons. The average molecular weight is 228 g/mol. The fourth-order valence-electron chi connectivity index (χ4n) is 1.88. The standard InChI is InChI=1S/C12H24N2O2/c1-9(8-13)4-5-11(15)14-12(3)6-7-16-10(12)2/h9-10H,4-8,13H2,1-3H3,(H,14,15). The number of rotatable bonds is 5. The molecule has 0 saturated carbocycles. The Hall–Kier alpha value is -0.610. The van der Waals surface area contributed by atoms with Crippen molar-refractivity contribution < 1.29 is 9.53 Å². The van der Waals surface area contributed by atoms with Gasteiger partial charge in [-0.2, -0.15) is 0 Å². The molecule has 0 aromatic heterocycles. The van der Waals surface area contributed by atoms with E-state index in [-0.39, 0.29) is 17.6 Å². The number of hydrogen-bond acceptors (Lipinski definition) is 3. The van der Waals surface area contributed by atoms with Crippen molar-refractivity contribution >= 4 is 5.91 Å². The van der Waals surface area contributed by atoms with E-state index in [2.05, 4.69) is 19.2 Å². The van der Waals surface area contributed by atoms with Gasteiger partial charge in [0.2, 0.25) is 5.91 Å². The van der Waals surface area contributed by atoms with Gasteiger partial charge in [-0.05, 0) is 39.2 Å². The van der Waals surface area contributed by atoms with E-state index in [0.717, 1.165) is 19.4 Å². The van der Waals surface area contributed by atoms with Gasteiger partial charge in [0.15, 0.2) is 0 Å². The number of amides is 1. The molecule has 1 rings (SSSR count). The first-order chi connectivity index (χ1) is 7.48. The second kappa shape index (κ2) is 5.64. The normalized spacial score (nSPS) is 31.4. The summed E-state index contributed by atoms with van der Waals surface area (Å²) in [5.41, 5.74) is 5.33. The SMILES string of the molecule is CC(CN)CCC(=O)NC1(C)CCOC1C. The van der Waals surface area contributed by atoms with Crippen molar-refractivity contribution in [2.75, 3.05) is 13.2 Å². The third-order valence-corrected chi connectivity index (χ3v) is 3.58. The van der Waals surface area contributed by atoms with Gasteiger partial charge < -0.3 is 15.8 Å². The van der Waals surface area contributed by atoms with Gasteiger partial charge in [-0.25, -0.2) is 0 Å². The van der Waals surface area contributed by atoms with E-state index in [1.165, 1.54) is 0 Å². The highest BCUT2D eigenvalue weighted by Gasteiger charge is 2.37. The van der Waals surface area contributed by atoms with Crippen molar-refractivity contribution in [2.24, 2.45) is 11.7 Å². The van der Waals surface area contributed by atoms with E-state index in [9.17, 15) is 4.79 Å². The third-order valence-electron chi connectivity index (χ3n) is 3.58. The maximum atomic E-state index is 11.8. The van der Waals surface area contributed by atoms with Gasteiger partial charge >= 0.3 is 0 Å². The first-order valence-corrected chi connectivity index (χ1v) is 6.10. The topological polar surface area (TPSA) is 64.4 Å². The Morgan fingerprint density at radius 1 is 1.69 bits per heavy atom. The smallest absolute Gasteiger partial charge is 0.220 e. The zero-order chi connectivity index (χ0) is 12.2. The Kier molecular flexibility index (Phi) is 4.74. The quantitative estimate of drug-likeness (QED) is 0.739. The van der Waals surface area contributed by atoms with Crippen LogP contribution < -0.4 is 11.1 Å². The van der Waals surface area contributed by atoms with Gasteiger partial charge in [-0.1, -0.05) is 6.92 Å². The lowest BCUT2D eigenvalue weighted by Crippen LogP contribution is -2.50. The highest BCUT2D eigenvalue weighted by atomic mass is 16.5. The summed E-state index contributed by atoms with van der Waals surface area (Å²) in [4.78, 5) is 11.8. The van der Waals surface area contributed by atoms with E-state index >= 15 is 0 Å². The molecule has 1 fully saturated rings.